The molecule has 0 fully saturated rings. The maximum Gasteiger partial charge on any atom is 0.234 e. The first kappa shape index (κ1) is 13.9. The molecule has 0 spiro atoms. The number of aryl methyl sites for hydroxylation is 2. The topological polar surface area (TPSA) is 59.8 Å². The van der Waals surface area contributed by atoms with E-state index in [0.717, 1.165) is 5.56 Å². The quantitative estimate of drug-likeness (QED) is 0.881. The highest BCUT2D eigenvalue weighted by Crippen LogP contribution is 2.20. The number of nitrogens with one attached hydrogen (secondary N) is 1. The molecule has 2 aromatic rings. The number of carbonyl (C=O) groups is 1. The zero-order valence-electron chi connectivity index (χ0n) is 10.6. The van der Waals surface area contributed by atoms with Gasteiger partial charge in [-0.05, 0) is 24.6 Å². The van der Waals surface area contributed by atoms with Crippen LogP contribution >= 0.6 is 23.4 Å². The maximum absolute atomic E-state index is 11.8. The van der Waals surface area contributed by atoms with Gasteiger partial charge in [0.05, 0.1) is 5.75 Å². The van der Waals surface area contributed by atoms with Crippen LogP contribution in [0.2, 0.25) is 5.02 Å². The molecule has 0 aliphatic carbocycles. The van der Waals surface area contributed by atoms with E-state index in [-0.39, 0.29) is 11.7 Å². The van der Waals surface area contributed by atoms with Gasteiger partial charge in [-0.3, -0.25) is 4.79 Å². The summed E-state index contributed by atoms with van der Waals surface area (Å²) in [5, 5.41) is 11.8. The van der Waals surface area contributed by atoms with Crippen LogP contribution in [-0.4, -0.2) is 26.4 Å². The summed E-state index contributed by atoms with van der Waals surface area (Å²) in [7, 11) is 1.83. The Morgan fingerprint density at radius 1 is 1.53 bits per heavy atom. The first-order valence-corrected chi connectivity index (χ1v) is 6.95. The second kappa shape index (κ2) is 6.08. The molecule has 2 rings (SSSR count). The Morgan fingerprint density at radius 2 is 2.32 bits per heavy atom. The van der Waals surface area contributed by atoms with E-state index in [0.29, 0.717) is 15.9 Å². The van der Waals surface area contributed by atoms with Gasteiger partial charge in [0, 0.05) is 17.8 Å². The smallest absolute Gasteiger partial charge is 0.234 e. The minimum atomic E-state index is -0.104. The molecule has 7 heteroatoms. The minimum absolute atomic E-state index is 0.104. The van der Waals surface area contributed by atoms with E-state index >= 15 is 0 Å². The molecule has 1 N–H and O–H groups in total. The number of carbonyl (C=O) groups excluding carboxylic acids is 1. The van der Waals surface area contributed by atoms with Crippen LogP contribution in [0.1, 0.15) is 5.56 Å². The molecule has 0 aliphatic rings. The summed E-state index contributed by atoms with van der Waals surface area (Å²) in [5.74, 6) is 0.172. The Balaban J connectivity index is 1.91. The van der Waals surface area contributed by atoms with Gasteiger partial charge in [-0.1, -0.05) is 29.4 Å². The number of aromatic nitrogens is 3. The maximum atomic E-state index is 11.8. The van der Waals surface area contributed by atoms with E-state index in [1.54, 1.807) is 17.0 Å². The average molecular weight is 297 g/mol. The molecule has 100 valence electrons. The summed E-state index contributed by atoms with van der Waals surface area (Å²) in [5.41, 5.74) is 1.67. The third-order valence-corrected chi connectivity index (χ3v) is 3.90. The molecule has 1 amide bonds. The molecule has 0 unspecified atom stereocenters. The van der Waals surface area contributed by atoms with Gasteiger partial charge in [0.1, 0.15) is 6.33 Å². The Labute approximate surface area is 120 Å². The number of thioether (sulfide) groups is 1. The molecule has 1 aromatic heterocycles. The highest BCUT2D eigenvalue weighted by atomic mass is 35.5. The third-order valence-electron chi connectivity index (χ3n) is 2.46. The summed E-state index contributed by atoms with van der Waals surface area (Å²) >= 11 is 7.33. The number of anilines is 1. The van der Waals surface area contributed by atoms with Gasteiger partial charge >= 0.3 is 0 Å². The van der Waals surface area contributed by atoms with Crippen molar-refractivity contribution in [2.24, 2.45) is 7.05 Å². The van der Waals surface area contributed by atoms with E-state index in [2.05, 4.69) is 15.5 Å². The van der Waals surface area contributed by atoms with Gasteiger partial charge in [0.25, 0.3) is 0 Å². The number of nitrogens with zero attached hydrogens (tertiary/aromatic N) is 3. The number of hydrogen-bond acceptors (Lipinski definition) is 4. The Bertz CT molecular complexity index is 599. The summed E-state index contributed by atoms with van der Waals surface area (Å²) in [4.78, 5) is 11.8. The van der Waals surface area contributed by atoms with Crippen molar-refractivity contribution in [3.05, 3.63) is 35.1 Å². The van der Waals surface area contributed by atoms with Crippen molar-refractivity contribution >= 4 is 35.0 Å². The fraction of sp³-hybridized carbons (Fsp3) is 0.250. The lowest BCUT2D eigenvalue weighted by Crippen LogP contribution is -2.14. The van der Waals surface area contributed by atoms with Crippen molar-refractivity contribution < 1.29 is 4.79 Å². The summed E-state index contributed by atoms with van der Waals surface area (Å²) in [6.07, 6.45) is 1.60. The second-order valence-electron chi connectivity index (χ2n) is 4.03. The van der Waals surface area contributed by atoms with Crippen LogP contribution in [-0.2, 0) is 11.8 Å². The normalized spacial score (nSPS) is 10.5. The summed E-state index contributed by atoms with van der Waals surface area (Å²) < 4.78 is 1.76. The van der Waals surface area contributed by atoms with E-state index in [1.807, 2.05) is 26.1 Å². The van der Waals surface area contributed by atoms with Crippen LogP contribution in [0, 0.1) is 6.92 Å². The molecule has 0 radical (unpaired) electrons. The predicted molar refractivity (Wildman–Crippen MR) is 76.5 cm³/mol. The highest BCUT2D eigenvalue weighted by molar-refractivity contribution is 7.99. The molecule has 0 saturated heterocycles. The molecule has 0 aliphatic heterocycles. The van der Waals surface area contributed by atoms with Crippen molar-refractivity contribution in [3.63, 3.8) is 0 Å². The predicted octanol–water partition coefficient (Wildman–Crippen LogP) is 2.51. The monoisotopic (exact) mass is 296 g/mol. The lowest BCUT2D eigenvalue weighted by atomic mass is 10.2. The number of rotatable bonds is 4. The molecule has 0 atom stereocenters. The molecular weight excluding hydrogens is 284 g/mol. The van der Waals surface area contributed by atoms with Crippen LogP contribution < -0.4 is 5.32 Å². The number of amides is 1. The van der Waals surface area contributed by atoms with E-state index in [4.69, 9.17) is 11.6 Å². The Morgan fingerprint density at radius 3 is 2.95 bits per heavy atom. The number of halogens is 1. The SMILES string of the molecule is Cc1ccc(NC(=O)CSc2nncn2C)cc1Cl. The van der Waals surface area contributed by atoms with Crippen molar-refractivity contribution in [1.82, 2.24) is 14.8 Å². The Kier molecular flexibility index (Phi) is 4.44. The van der Waals surface area contributed by atoms with Crippen LogP contribution in [0.5, 0.6) is 0 Å². The van der Waals surface area contributed by atoms with Gasteiger partial charge in [-0.2, -0.15) is 0 Å². The van der Waals surface area contributed by atoms with E-state index < -0.39 is 0 Å². The average Bonchev–Trinajstić information content (AvgIpc) is 2.77. The fourth-order valence-corrected chi connectivity index (χ4v) is 2.27. The molecule has 1 heterocycles. The van der Waals surface area contributed by atoms with E-state index in [9.17, 15) is 4.79 Å². The van der Waals surface area contributed by atoms with Gasteiger partial charge in [-0.25, -0.2) is 0 Å². The van der Waals surface area contributed by atoms with Crippen LogP contribution in [0.3, 0.4) is 0 Å². The number of hydrogen-bond donors (Lipinski definition) is 1. The molecule has 1 aromatic carbocycles. The van der Waals surface area contributed by atoms with Crippen LogP contribution in [0.15, 0.2) is 29.7 Å². The zero-order valence-corrected chi connectivity index (χ0v) is 12.1. The summed E-state index contributed by atoms with van der Waals surface area (Å²) in [6, 6.07) is 5.43. The lowest BCUT2D eigenvalue weighted by Gasteiger charge is -2.06. The van der Waals surface area contributed by atoms with Crippen molar-refractivity contribution in [2.75, 3.05) is 11.1 Å². The highest BCUT2D eigenvalue weighted by Gasteiger charge is 2.07. The first-order valence-electron chi connectivity index (χ1n) is 5.59. The second-order valence-corrected chi connectivity index (χ2v) is 5.37. The van der Waals surface area contributed by atoms with Crippen LogP contribution in [0.4, 0.5) is 5.69 Å². The Hall–Kier alpha value is -1.53. The van der Waals surface area contributed by atoms with Gasteiger partial charge < -0.3 is 9.88 Å². The van der Waals surface area contributed by atoms with Crippen molar-refractivity contribution in [2.45, 2.75) is 12.1 Å². The van der Waals surface area contributed by atoms with Gasteiger partial charge in [-0.15, -0.1) is 10.2 Å². The van der Waals surface area contributed by atoms with Gasteiger partial charge in [0.2, 0.25) is 5.91 Å². The minimum Gasteiger partial charge on any atom is -0.325 e. The third kappa shape index (κ3) is 3.71. The van der Waals surface area contributed by atoms with Crippen molar-refractivity contribution in [3.8, 4) is 0 Å². The summed E-state index contributed by atoms with van der Waals surface area (Å²) in [6.45, 7) is 1.91. The molecule has 0 saturated carbocycles. The molecule has 19 heavy (non-hydrogen) atoms. The zero-order chi connectivity index (χ0) is 13.8. The number of benzene rings is 1. The van der Waals surface area contributed by atoms with E-state index in [1.165, 1.54) is 11.8 Å². The van der Waals surface area contributed by atoms with Crippen LogP contribution in [0.25, 0.3) is 0 Å². The molecular formula is C12H13ClN4OS. The van der Waals surface area contributed by atoms with Gasteiger partial charge in [0.15, 0.2) is 5.16 Å². The molecule has 0 bridgehead atoms. The van der Waals surface area contributed by atoms with Crippen molar-refractivity contribution in [1.29, 1.82) is 0 Å². The lowest BCUT2D eigenvalue weighted by molar-refractivity contribution is -0.113. The fourth-order valence-electron chi connectivity index (χ4n) is 1.40. The molecule has 5 nitrogen and oxygen atoms in total. The standard InChI is InChI=1S/C12H13ClN4OS/c1-8-3-4-9(5-10(8)13)15-11(18)6-19-12-16-14-7-17(12)2/h3-5,7H,6H2,1-2H3,(H,15,18). The largest absolute Gasteiger partial charge is 0.325 e. The first-order chi connectivity index (χ1) is 9.06.